The first-order valence-corrected chi connectivity index (χ1v) is 7.28. The van der Waals surface area contributed by atoms with Gasteiger partial charge in [-0.05, 0) is 27.2 Å². The zero-order valence-corrected chi connectivity index (χ0v) is 15.6. The standard InChI is InChI=1S/C13H24N4S.HI/c1-6-9(2)16-13(14-5)15-8-7-12-10(3)17-11(4)18-12;/h9H,6-8H2,1-5H3,(H2,14,15,16);1H. The second-order valence-corrected chi connectivity index (χ2v) is 5.73. The van der Waals surface area contributed by atoms with Crippen LogP contribution in [0.15, 0.2) is 4.99 Å². The lowest BCUT2D eigenvalue weighted by Crippen LogP contribution is -2.42. The number of guanidine groups is 1. The van der Waals surface area contributed by atoms with Gasteiger partial charge in [0.2, 0.25) is 0 Å². The van der Waals surface area contributed by atoms with Gasteiger partial charge in [-0.3, -0.25) is 4.99 Å². The molecule has 0 spiro atoms. The van der Waals surface area contributed by atoms with E-state index < -0.39 is 0 Å². The van der Waals surface area contributed by atoms with Crippen LogP contribution in [0.4, 0.5) is 0 Å². The lowest BCUT2D eigenvalue weighted by Gasteiger charge is -2.16. The van der Waals surface area contributed by atoms with Gasteiger partial charge in [-0.25, -0.2) is 4.98 Å². The highest BCUT2D eigenvalue weighted by atomic mass is 127. The lowest BCUT2D eigenvalue weighted by atomic mass is 10.3. The van der Waals surface area contributed by atoms with Crippen molar-refractivity contribution in [2.45, 2.75) is 46.6 Å². The molecule has 0 saturated carbocycles. The molecule has 0 radical (unpaired) electrons. The van der Waals surface area contributed by atoms with Gasteiger partial charge in [-0.15, -0.1) is 35.3 Å². The van der Waals surface area contributed by atoms with Crippen molar-refractivity contribution in [1.82, 2.24) is 15.6 Å². The van der Waals surface area contributed by atoms with Crippen molar-refractivity contribution >= 4 is 41.3 Å². The van der Waals surface area contributed by atoms with Crippen LogP contribution >= 0.6 is 35.3 Å². The van der Waals surface area contributed by atoms with Crippen molar-refractivity contribution in [3.05, 3.63) is 15.6 Å². The molecule has 1 heterocycles. The number of hydrogen-bond donors (Lipinski definition) is 2. The van der Waals surface area contributed by atoms with Crippen LogP contribution in [0.5, 0.6) is 0 Å². The van der Waals surface area contributed by atoms with Crippen molar-refractivity contribution in [3.8, 4) is 0 Å². The Morgan fingerprint density at radius 3 is 2.58 bits per heavy atom. The molecule has 4 nitrogen and oxygen atoms in total. The molecule has 19 heavy (non-hydrogen) atoms. The van der Waals surface area contributed by atoms with Crippen molar-refractivity contribution in [2.75, 3.05) is 13.6 Å². The SMILES string of the molecule is CCC(C)NC(=NC)NCCc1sc(C)nc1C.I. The number of hydrogen-bond acceptors (Lipinski definition) is 3. The number of thiazole rings is 1. The van der Waals surface area contributed by atoms with Crippen molar-refractivity contribution in [2.24, 2.45) is 4.99 Å². The smallest absolute Gasteiger partial charge is 0.191 e. The van der Waals surface area contributed by atoms with E-state index in [1.165, 1.54) is 4.88 Å². The average molecular weight is 396 g/mol. The lowest BCUT2D eigenvalue weighted by molar-refractivity contribution is 0.624. The van der Waals surface area contributed by atoms with E-state index in [2.05, 4.69) is 48.3 Å². The number of aromatic nitrogens is 1. The normalized spacial score (nSPS) is 12.8. The molecule has 110 valence electrons. The van der Waals surface area contributed by atoms with Gasteiger partial charge in [0.1, 0.15) is 0 Å². The van der Waals surface area contributed by atoms with Crippen LogP contribution in [0.1, 0.15) is 35.8 Å². The van der Waals surface area contributed by atoms with Gasteiger partial charge in [0.15, 0.2) is 5.96 Å². The maximum absolute atomic E-state index is 4.44. The first-order valence-electron chi connectivity index (χ1n) is 6.46. The fourth-order valence-electron chi connectivity index (χ4n) is 1.63. The molecule has 1 rings (SSSR count). The van der Waals surface area contributed by atoms with Crippen molar-refractivity contribution < 1.29 is 0 Å². The van der Waals surface area contributed by atoms with E-state index in [9.17, 15) is 0 Å². The van der Waals surface area contributed by atoms with Gasteiger partial charge < -0.3 is 10.6 Å². The van der Waals surface area contributed by atoms with E-state index in [1.54, 1.807) is 18.4 Å². The molecule has 1 unspecified atom stereocenters. The van der Waals surface area contributed by atoms with Crippen LogP contribution in [0.3, 0.4) is 0 Å². The summed E-state index contributed by atoms with van der Waals surface area (Å²) in [5.41, 5.74) is 1.16. The fourth-order valence-corrected chi connectivity index (χ4v) is 2.57. The van der Waals surface area contributed by atoms with E-state index in [4.69, 9.17) is 0 Å². The zero-order chi connectivity index (χ0) is 13.5. The van der Waals surface area contributed by atoms with Gasteiger partial charge >= 0.3 is 0 Å². The monoisotopic (exact) mass is 396 g/mol. The highest BCUT2D eigenvalue weighted by Crippen LogP contribution is 2.16. The molecule has 0 aliphatic heterocycles. The quantitative estimate of drug-likeness (QED) is 0.457. The predicted molar refractivity (Wildman–Crippen MR) is 95.0 cm³/mol. The number of aryl methyl sites for hydroxylation is 2. The van der Waals surface area contributed by atoms with Crippen molar-refractivity contribution in [1.29, 1.82) is 0 Å². The number of rotatable bonds is 5. The fraction of sp³-hybridized carbons (Fsp3) is 0.692. The molecule has 1 atom stereocenters. The highest BCUT2D eigenvalue weighted by Gasteiger charge is 2.06. The summed E-state index contributed by atoms with van der Waals surface area (Å²) in [5.74, 6) is 0.878. The number of nitrogens with zero attached hydrogens (tertiary/aromatic N) is 2. The number of aliphatic imine (C=N–C) groups is 1. The molecular formula is C13H25IN4S. The second-order valence-electron chi connectivity index (χ2n) is 4.44. The van der Waals surface area contributed by atoms with Gasteiger partial charge in [-0.2, -0.15) is 0 Å². The number of nitrogens with one attached hydrogen (secondary N) is 2. The summed E-state index contributed by atoms with van der Waals surface area (Å²) in [7, 11) is 1.81. The summed E-state index contributed by atoms with van der Waals surface area (Å²) < 4.78 is 0. The molecule has 0 aliphatic rings. The van der Waals surface area contributed by atoms with Crippen LogP contribution < -0.4 is 10.6 Å². The predicted octanol–water partition coefficient (Wildman–Crippen LogP) is 2.88. The minimum Gasteiger partial charge on any atom is -0.356 e. The second kappa shape index (κ2) is 9.52. The van der Waals surface area contributed by atoms with Crippen molar-refractivity contribution in [3.63, 3.8) is 0 Å². The summed E-state index contributed by atoms with van der Waals surface area (Å²) in [5, 5.41) is 7.83. The van der Waals surface area contributed by atoms with E-state index in [1.807, 2.05) is 0 Å². The largest absolute Gasteiger partial charge is 0.356 e. The van der Waals surface area contributed by atoms with Gasteiger partial charge in [0.05, 0.1) is 10.7 Å². The molecule has 6 heteroatoms. The summed E-state index contributed by atoms with van der Waals surface area (Å²) in [6, 6.07) is 0.448. The van der Waals surface area contributed by atoms with E-state index in [-0.39, 0.29) is 24.0 Å². The Morgan fingerprint density at radius 2 is 2.11 bits per heavy atom. The highest BCUT2D eigenvalue weighted by molar-refractivity contribution is 14.0. The maximum atomic E-state index is 4.44. The van der Waals surface area contributed by atoms with Crippen LogP contribution in [0, 0.1) is 13.8 Å². The van der Waals surface area contributed by atoms with E-state index >= 15 is 0 Å². The van der Waals surface area contributed by atoms with Crippen LogP contribution in [-0.2, 0) is 6.42 Å². The number of halogens is 1. The van der Waals surface area contributed by atoms with Gasteiger partial charge in [-0.1, -0.05) is 6.92 Å². The molecule has 0 bridgehead atoms. The molecular weight excluding hydrogens is 371 g/mol. The van der Waals surface area contributed by atoms with Crippen LogP contribution in [0.2, 0.25) is 0 Å². The summed E-state index contributed by atoms with van der Waals surface area (Å²) in [4.78, 5) is 10.0. The third-order valence-corrected chi connectivity index (χ3v) is 4.00. The van der Waals surface area contributed by atoms with Gasteiger partial charge in [0.25, 0.3) is 0 Å². The molecule has 0 aromatic carbocycles. The Balaban J connectivity index is 0.00000324. The van der Waals surface area contributed by atoms with Crippen LogP contribution in [-0.4, -0.2) is 30.6 Å². The minimum atomic E-state index is 0. The maximum Gasteiger partial charge on any atom is 0.191 e. The minimum absolute atomic E-state index is 0. The first-order chi connectivity index (χ1) is 8.56. The van der Waals surface area contributed by atoms with Gasteiger partial charge in [0, 0.05) is 30.9 Å². The zero-order valence-electron chi connectivity index (χ0n) is 12.4. The Hall–Kier alpha value is -0.370. The van der Waals surface area contributed by atoms with Crippen LogP contribution in [0.25, 0.3) is 0 Å². The Morgan fingerprint density at radius 1 is 1.42 bits per heavy atom. The molecule has 0 saturated heterocycles. The average Bonchev–Trinajstić information content (AvgIpc) is 2.66. The molecule has 0 amide bonds. The third kappa shape index (κ3) is 6.56. The van der Waals surface area contributed by atoms with E-state index in [0.717, 1.165) is 36.0 Å². The first kappa shape index (κ1) is 18.6. The molecule has 1 aromatic heterocycles. The Kier molecular flexibility index (Phi) is 9.34. The summed E-state index contributed by atoms with van der Waals surface area (Å²) >= 11 is 1.78. The molecule has 0 fully saturated rings. The molecule has 2 N–H and O–H groups in total. The Labute approximate surface area is 137 Å². The topological polar surface area (TPSA) is 49.3 Å². The Bertz CT molecular complexity index is 403. The molecule has 0 aliphatic carbocycles. The summed E-state index contributed by atoms with van der Waals surface area (Å²) in [6.07, 6.45) is 2.09. The summed E-state index contributed by atoms with van der Waals surface area (Å²) in [6.45, 7) is 9.33. The van der Waals surface area contributed by atoms with E-state index in [0.29, 0.717) is 6.04 Å². The third-order valence-electron chi connectivity index (χ3n) is 2.86. The molecule has 1 aromatic rings.